The first-order valence-corrected chi connectivity index (χ1v) is 5.51. The van der Waals surface area contributed by atoms with Crippen LogP contribution < -0.4 is 0 Å². The summed E-state index contributed by atoms with van der Waals surface area (Å²) in [4.78, 5) is 16.0. The van der Waals surface area contributed by atoms with Crippen molar-refractivity contribution < 1.29 is 4.79 Å². The molecule has 0 saturated carbocycles. The number of carbonyl (C=O) groups is 1. The minimum absolute atomic E-state index is 0.201. The van der Waals surface area contributed by atoms with Crippen molar-refractivity contribution in [1.29, 1.82) is 0 Å². The molecule has 2 aromatic rings. The third-order valence-corrected chi connectivity index (χ3v) is 2.78. The number of ketones is 1. The first-order valence-electron chi connectivity index (χ1n) is 5.51. The summed E-state index contributed by atoms with van der Waals surface area (Å²) in [5, 5.41) is 0. The van der Waals surface area contributed by atoms with Crippen molar-refractivity contribution in [3.63, 3.8) is 0 Å². The SMILES string of the molecule is CCCC(=O)c1cc2n[c]n(C)c2cc1C. The Kier molecular flexibility index (Phi) is 2.77. The van der Waals surface area contributed by atoms with Crippen LogP contribution in [0.4, 0.5) is 0 Å². The Bertz CT molecular complexity index is 540. The van der Waals surface area contributed by atoms with E-state index in [1.165, 1.54) is 0 Å². The van der Waals surface area contributed by atoms with Crippen molar-refractivity contribution in [2.45, 2.75) is 26.7 Å². The molecule has 0 saturated heterocycles. The predicted octanol–water partition coefficient (Wildman–Crippen LogP) is 2.66. The number of hydrogen-bond acceptors (Lipinski definition) is 2. The van der Waals surface area contributed by atoms with Gasteiger partial charge in [-0.05, 0) is 31.0 Å². The van der Waals surface area contributed by atoms with Gasteiger partial charge < -0.3 is 4.57 Å². The summed E-state index contributed by atoms with van der Waals surface area (Å²) >= 11 is 0. The molecule has 0 fully saturated rings. The smallest absolute Gasteiger partial charge is 0.177 e. The Morgan fingerprint density at radius 1 is 1.50 bits per heavy atom. The maximum atomic E-state index is 11.9. The molecule has 1 heterocycles. The molecule has 0 bridgehead atoms. The second-order valence-electron chi connectivity index (χ2n) is 4.10. The van der Waals surface area contributed by atoms with E-state index < -0.39 is 0 Å². The summed E-state index contributed by atoms with van der Waals surface area (Å²) in [6.45, 7) is 3.98. The van der Waals surface area contributed by atoms with Gasteiger partial charge in [0.15, 0.2) is 12.1 Å². The fourth-order valence-corrected chi connectivity index (χ4v) is 1.88. The molecule has 0 atom stereocenters. The van der Waals surface area contributed by atoms with E-state index in [9.17, 15) is 4.79 Å². The molecule has 1 aromatic carbocycles. The van der Waals surface area contributed by atoms with Crippen molar-refractivity contribution in [3.8, 4) is 0 Å². The summed E-state index contributed by atoms with van der Waals surface area (Å²) in [6, 6.07) is 3.88. The average molecular weight is 215 g/mol. The molecule has 83 valence electrons. The number of fused-ring (bicyclic) bond motifs is 1. The minimum Gasteiger partial charge on any atom is -0.324 e. The lowest BCUT2D eigenvalue weighted by atomic mass is 10.0. The van der Waals surface area contributed by atoms with Gasteiger partial charge >= 0.3 is 0 Å². The van der Waals surface area contributed by atoms with E-state index >= 15 is 0 Å². The van der Waals surface area contributed by atoms with Crippen LogP contribution in [-0.2, 0) is 7.05 Å². The van der Waals surface area contributed by atoms with E-state index in [0.29, 0.717) is 6.42 Å². The topological polar surface area (TPSA) is 34.9 Å². The van der Waals surface area contributed by atoms with E-state index in [0.717, 1.165) is 28.6 Å². The highest BCUT2D eigenvalue weighted by Gasteiger charge is 2.11. The van der Waals surface area contributed by atoms with E-state index in [-0.39, 0.29) is 5.78 Å². The van der Waals surface area contributed by atoms with Crippen LogP contribution in [0.15, 0.2) is 12.1 Å². The summed E-state index contributed by atoms with van der Waals surface area (Å²) < 4.78 is 1.84. The molecule has 0 N–H and O–H groups in total. The lowest BCUT2D eigenvalue weighted by Crippen LogP contribution is -2.01. The van der Waals surface area contributed by atoms with Gasteiger partial charge in [0, 0.05) is 19.0 Å². The van der Waals surface area contributed by atoms with Gasteiger partial charge in [-0.1, -0.05) is 6.92 Å². The van der Waals surface area contributed by atoms with Crippen LogP contribution >= 0.6 is 0 Å². The van der Waals surface area contributed by atoms with Crippen molar-refractivity contribution in [2.24, 2.45) is 7.05 Å². The molecule has 1 radical (unpaired) electrons. The molecule has 3 heteroatoms. The lowest BCUT2D eigenvalue weighted by molar-refractivity contribution is 0.0981. The van der Waals surface area contributed by atoms with Gasteiger partial charge in [-0.3, -0.25) is 4.79 Å². The number of Topliss-reactive ketones (excluding diaryl/α,β-unsaturated/α-hetero) is 1. The summed E-state index contributed by atoms with van der Waals surface area (Å²) in [5.74, 6) is 0.201. The number of aryl methyl sites for hydroxylation is 2. The summed E-state index contributed by atoms with van der Waals surface area (Å²) in [5.41, 5.74) is 3.67. The second-order valence-corrected chi connectivity index (χ2v) is 4.10. The molecule has 0 aliphatic heterocycles. The van der Waals surface area contributed by atoms with Gasteiger partial charge in [0.05, 0.1) is 11.0 Å². The molecule has 0 unspecified atom stereocenters. The number of carbonyl (C=O) groups excluding carboxylic acids is 1. The van der Waals surface area contributed by atoms with Gasteiger partial charge in [-0.15, -0.1) is 0 Å². The molecule has 0 amide bonds. The normalized spacial score (nSPS) is 10.9. The van der Waals surface area contributed by atoms with Crippen LogP contribution in [0.1, 0.15) is 35.7 Å². The molecular weight excluding hydrogens is 200 g/mol. The molecule has 0 aliphatic rings. The first kappa shape index (κ1) is 10.9. The van der Waals surface area contributed by atoms with E-state index in [2.05, 4.69) is 11.3 Å². The Balaban J connectivity index is 2.54. The van der Waals surface area contributed by atoms with E-state index in [1.54, 1.807) is 0 Å². The molecule has 16 heavy (non-hydrogen) atoms. The Morgan fingerprint density at radius 3 is 2.94 bits per heavy atom. The summed E-state index contributed by atoms with van der Waals surface area (Å²) in [6.07, 6.45) is 4.34. The zero-order chi connectivity index (χ0) is 11.7. The van der Waals surface area contributed by atoms with Crippen LogP contribution in [0.2, 0.25) is 0 Å². The monoisotopic (exact) mass is 215 g/mol. The number of benzene rings is 1. The van der Waals surface area contributed by atoms with Crippen LogP contribution in [0, 0.1) is 13.3 Å². The molecule has 3 nitrogen and oxygen atoms in total. The van der Waals surface area contributed by atoms with Crippen molar-refractivity contribution in [2.75, 3.05) is 0 Å². The number of nitrogens with zero attached hydrogens (tertiary/aromatic N) is 2. The standard InChI is InChI=1S/C13H15N2O/c1-4-5-13(16)10-7-11-12(6-9(10)2)15(3)8-14-11/h6-7H,4-5H2,1-3H3. The van der Waals surface area contributed by atoms with Crippen LogP contribution in [0.5, 0.6) is 0 Å². The Morgan fingerprint density at radius 2 is 2.25 bits per heavy atom. The Labute approximate surface area is 95.1 Å². The number of rotatable bonds is 3. The highest BCUT2D eigenvalue weighted by Crippen LogP contribution is 2.19. The zero-order valence-corrected chi connectivity index (χ0v) is 9.87. The van der Waals surface area contributed by atoms with Crippen LogP contribution in [0.25, 0.3) is 11.0 Å². The van der Waals surface area contributed by atoms with Gasteiger partial charge in [-0.25, -0.2) is 4.98 Å². The average Bonchev–Trinajstić information content (AvgIpc) is 2.59. The highest BCUT2D eigenvalue weighted by molar-refractivity contribution is 6.00. The Hall–Kier alpha value is -1.64. The third-order valence-electron chi connectivity index (χ3n) is 2.78. The summed E-state index contributed by atoms with van der Waals surface area (Å²) in [7, 11) is 1.91. The minimum atomic E-state index is 0.201. The first-order chi connectivity index (χ1) is 7.63. The molecule has 1 aromatic heterocycles. The highest BCUT2D eigenvalue weighted by atomic mass is 16.1. The lowest BCUT2D eigenvalue weighted by Gasteiger charge is -2.04. The quantitative estimate of drug-likeness (QED) is 0.738. The molecule has 0 aliphatic carbocycles. The number of imidazole rings is 1. The maximum Gasteiger partial charge on any atom is 0.177 e. The van der Waals surface area contributed by atoms with Crippen LogP contribution in [-0.4, -0.2) is 15.3 Å². The molecule has 2 rings (SSSR count). The van der Waals surface area contributed by atoms with E-state index in [4.69, 9.17) is 0 Å². The molecular formula is C13H15N2O. The van der Waals surface area contributed by atoms with Crippen molar-refractivity contribution >= 4 is 16.8 Å². The second kappa shape index (κ2) is 4.08. The largest absolute Gasteiger partial charge is 0.324 e. The number of hydrogen-bond donors (Lipinski definition) is 0. The van der Waals surface area contributed by atoms with Gasteiger partial charge in [-0.2, -0.15) is 0 Å². The van der Waals surface area contributed by atoms with Gasteiger partial charge in [0.2, 0.25) is 0 Å². The van der Waals surface area contributed by atoms with Gasteiger partial charge in [0.1, 0.15) is 0 Å². The van der Waals surface area contributed by atoms with E-state index in [1.807, 2.05) is 37.6 Å². The predicted molar refractivity (Wildman–Crippen MR) is 63.5 cm³/mol. The third kappa shape index (κ3) is 1.73. The van der Waals surface area contributed by atoms with Crippen LogP contribution in [0.3, 0.4) is 0 Å². The van der Waals surface area contributed by atoms with Crippen molar-refractivity contribution in [1.82, 2.24) is 9.55 Å². The fraction of sp³-hybridized carbons (Fsp3) is 0.385. The van der Waals surface area contributed by atoms with Crippen molar-refractivity contribution in [3.05, 3.63) is 29.6 Å². The molecule has 0 spiro atoms. The zero-order valence-electron chi connectivity index (χ0n) is 9.87. The fourth-order valence-electron chi connectivity index (χ4n) is 1.88. The number of aromatic nitrogens is 2. The van der Waals surface area contributed by atoms with Gasteiger partial charge in [0.25, 0.3) is 0 Å². The maximum absolute atomic E-state index is 11.9.